The van der Waals surface area contributed by atoms with Crippen LogP contribution in [0.1, 0.15) is 39.9 Å². The minimum Gasteiger partial charge on any atom is -0.488 e. The van der Waals surface area contributed by atoms with Crippen LogP contribution in [0.25, 0.3) is 11.1 Å². The summed E-state index contributed by atoms with van der Waals surface area (Å²) >= 11 is 6.85. The summed E-state index contributed by atoms with van der Waals surface area (Å²) in [6.07, 6.45) is 6.30. The molecule has 7 rings (SSSR count). The molecule has 6 N–H and O–H groups in total. The Morgan fingerprint density at radius 3 is 1.74 bits per heavy atom. The number of carboxylic acid groups (broad SMARTS) is 3. The first-order chi connectivity index (χ1) is 44.9. The Labute approximate surface area is 556 Å². The number of piperazine rings is 1. The van der Waals surface area contributed by atoms with Crippen molar-refractivity contribution in [2.24, 2.45) is 0 Å². The smallest absolute Gasteiger partial charge is 0.317 e. The summed E-state index contributed by atoms with van der Waals surface area (Å²) in [5, 5.41) is 39.6. The van der Waals surface area contributed by atoms with Gasteiger partial charge in [-0.05, 0) is 73.3 Å². The predicted molar refractivity (Wildman–Crippen MR) is 346 cm³/mol. The fourth-order valence-electron chi connectivity index (χ4n) is 10.8. The summed E-state index contributed by atoms with van der Waals surface area (Å²) < 4.78 is 107. The normalized spacial score (nSPS) is 15.7. The van der Waals surface area contributed by atoms with E-state index in [0.29, 0.717) is 81.5 Å². The van der Waals surface area contributed by atoms with Gasteiger partial charge in [-0.15, -0.1) is 5.10 Å². The van der Waals surface area contributed by atoms with E-state index in [-0.39, 0.29) is 106 Å². The maximum Gasteiger partial charge on any atom is 0.317 e. The summed E-state index contributed by atoms with van der Waals surface area (Å²) in [5.74, 6) is -2.93. The number of aromatic nitrogens is 4. The third-order valence-corrected chi connectivity index (χ3v) is 20.5. The first-order valence-corrected chi connectivity index (χ1v) is 35.5. The molecule has 520 valence electrons. The van der Waals surface area contributed by atoms with Crippen molar-refractivity contribution in [1.82, 2.24) is 59.6 Å². The number of aliphatic carboxylic acids is 3. The third-order valence-electron chi connectivity index (χ3n) is 16.0. The van der Waals surface area contributed by atoms with Crippen LogP contribution in [0.2, 0.25) is 5.02 Å². The number of sulfone groups is 1. The molecule has 3 aromatic carbocycles. The van der Waals surface area contributed by atoms with Crippen molar-refractivity contribution in [2.75, 3.05) is 138 Å². The Kier molecular flexibility index (Phi) is 27.2. The number of nitrogens with one attached hydrogen (secondary N) is 1. The van der Waals surface area contributed by atoms with Crippen LogP contribution in [0.15, 0.2) is 78.1 Å². The zero-order valence-corrected chi connectivity index (χ0v) is 56.4. The van der Waals surface area contributed by atoms with Crippen LogP contribution in [-0.4, -0.2) is 276 Å². The van der Waals surface area contributed by atoms with E-state index in [1.165, 1.54) is 30.4 Å². The second-order valence-electron chi connectivity index (χ2n) is 23.3. The van der Waals surface area contributed by atoms with E-state index >= 15 is 0 Å². The van der Waals surface area contributed by atoms with Crippen LogP contribution in [0, 0.1) is 13.8 Å². The van der Waals surface area contributed by atoms with Gasteiger partial charge in [0.05, 0.1) is 55.4 Å². The molecule has 2 saturated heterocycles. The molecule has 95 heavy (non-hydrogen) atoms. The molecule has 35 heteroatoms. The van der Waals surface area contributed by atoms with Crippen molar-refractivity contribution < 1.29 is 87.9 Å². The first-order valence-electron chi connectivity index (χ1n) is 30.2. The maximum atomic E-state index is 13.7. The molecule has 0 aliphatic carbocycles. The second kappa shape index (κ2) is 34.5. The summed E-state index contributed by atoms with van der Waals surface area (Å²) in [7, 11) is -12.7. The van der Waals surface area contributed by atoms with Gasteiger partial charge in [0.2, 0.25) is 16.4 Å². The van der Waals surface area contributed by atoms with Crippen LogP contribution >= 0.6 is 11.6 Å². The van der Waals surface area contributed by atoms with Gasteiger partial charge >= 0.3 is 17.9 Å². The number of nitrogens with zero attached hydrogens (tertiary/aromatic N) is 11. The lowest BCUT2D eigenvalue weighted by Gasteiger charge is -2.37. The number of benzene rings is 3. The van der Waals surface area contributed by atoms with Crippen LogP contribution in [0.4, 0.5) is 0 Å². The highest BCUT2D eigenvalue weighted by Crippen LogP contribution is 2.37. The highest BCUT2D eigenvalue weighted by atomic mass is 35.5. The Bertz CT molecular complexity index is 3800. The number of hydrogen-bond acceptors (Lipinski definition) is 23. The molecule has 2 amide bonds. The van der Waals surface area contributed by atoms with E-state index in [1.54, 1.807) is 31.5 Å². The zero-order chi connectivity index (χ0) is 69.2. The molecule has 2 aliphatic heterocycles. The number of hydrogen-bond donors (Lipinski definition) is 6. The predicted octanol–water partition coefficient (Wildman–Crippen LogP) is 1.41. The van der Waals surface area contributed by atoms with E-state index in [1.807, 2.05) is 66.2 Å². The lowest BCUT2D eigenvalue weighted by atomic mass is 9.93. The second-order valence-corrected chi connectivity index (χ2v) is 29.3. The minimum absolute atomic E-state index is 0.0290. The van der Waals surface area contributed by atoms with Gasteiger partial charge in [0, 0.05) is 134 Å². The van der Waals surface area contributed by atoms with Crippen molar-refractivity contribution in [3.63, 3.8) is 0 Å². The molecule has 0 bridgehead atoms. The Hall–Kier alpha value is -7.48. The van der Waals surface area contributed by atoms with E-state index in [0.717, 1.165) is 47.0 Å². The van der Waals surface area contributed by atoms with E-state index in [2.05, 4.69) is 25.5 Å². The molecule has 0 unspecified atom stereocenters. The van der Waals surface area contributed by atoms with Crippen LogP contribution < -0.4 is 19.5 Å². The lowest BCUT2D eigenvalue weighted by Crippen LogP contribution is -2.53. The van der Waals surface area contributed by atoms with Crippen LogP contribution in [0.5, 0.6) is 17.2 Å². The van der Waals surface area contributed by atoms with E-state index in [4.69, 9.17) is 25.8 Å². The average Bonchev–Trinajstić information content (AvgIpc) is 0.961. The molecular formula is C60H81ClN12O19S3. The Morgan fingerprint density at radius 2 is 1.17 bits per heavy atom. The summed E-state index contributed by atoms with van der Waals surface area (Å²) in [4.78, 5) is 78.2. The Morgan fingerprint density at radius 1 is 0.632 bits per heavy atom. The largest absolute Gasteiger partial charge is 0.488 e. The fraction of sp³-hybridized carbons (Fsp3) is 0.500. The van der Waals surface area contributed by atoms with Gasteiger partial charge in [-0.2, -0.15) is 16.8 Å². The molecule has 5 aromatic rings. The topological polar surface area (TPSA) is 395 Å². The van der Waals surface area contributed by atoms with Gasteiger partial charge in [-0.25, -0.2) is 8.42 Å². The number of ether oxygens (including phenoxy) is 3. The number of halogens is 1. The van der Waals surface area contributed by atoms with Crippen LogP contribution in [-0.2, 0) is 87.0 Å². The highest BCUT2D eigenvalue weighted by Gasteiger charge is 2.36. The van der Waals surface area contributed by atoms with Gasteiger partial charge in [0.1, 0.15) is 42.8 Å². The minimum atomic E-state index is -5.30. The molecule has 4 heterocycles. The van der Waals surface area contributed by atoms with Gasteiger partial charge in [0.25, 0.3) is 20.2 Å². The molecule has 0 radical (unpaired) electrons. The van der Waals surface area contributed by atoms with Crippen molar-refractivity contribution in [2.45, 2.75) is 62.7 Å². The molecule has 31 nitrogen and oxygen atoms in total. The fourth-order valence-corrected chi connectivity index (χ4v) is 13.5. The van der Waals surface area contributed by atoms with Crippen molar-refractivity contribution in [3.8, 4) is 28.4 Å². The number of rotatable bonds is 31. The highest BCUT2D eigenvalue weighted by molar-refractivity contribution is 8.04. The van der Waals surface area contributed by atoms with Gasteiger partial charge in [0.15, 0.2) is 9.84 Å². The average molecular weight is 1410 g/mol. The molecule has 2 aliphatic rings. The quantitative estimate of drug-likeness (QED) is 0.0342. The SMILES string of the molecule is Cc1c(COc2cc(OCc3cncc(S(C)(=O)=O)c3)c(CN(C)CC(=O)NCC(S(=O)(=O)O)S(=O)(=O)O)cc2Cl)cccc1-c1cccc(OCc2cn(CCCN3CCN(C(=O)CN4CCN(CC(=O)O)CCN(CC(=O)O)CCN(CC(=O)O)CC4)CC3)nn2)c1C. The van der Waals surface area contributed by atoms with Gasteiger partial charge in [-0.3, -0.25) is 72.1 Å². The number of carboxylic acids is 3. The number of likely N-dealkylation sites (N-methyl/N-ethyl adjacent to an activating group) is 1. The summed E-state index contributed by atoms with van der Waals surface area (Å²) in [6.45, 7) is 7.94. The molecule has 2 aromatic heterocycles. The molecule has 0 spiro atoms. The third kappa shape index (κ3) is 23.7. The number of carbonyl (C=O) groups is 5. The monoisotopic (exact) mass is 1400 g/mol. The van der Waals surface area contributed by atoms with Gasteiger partial charge < -0.3 is 39.7 Å². The lowest BCUT2D eigenvalue weighted by molar-refractivity contribution is -0.141. The molecule has 0 saturated carbocycles. The van der Waals surface area contributed by atoms with E-state index in [9.17, 15) is 73.7 Å². The van der Waals surface area contributed by atoms with Gasteiger partial charge in [-0.1, -0.05) is 47.1 Å². The number of aryl methyl sites for hydroxylation is 1. The first kappa shape index (κ1) is 74.9. The Balaban J connectivity index is 0.915. The van der Waals surface area contributed by atoms with Crippen molar-refractivity contribution in [1.29, 1.82) is 0 Å². The van der Waals surface area contributed by atoms with Crippen molar-refractivity contribution in [3.05, 3.63) is 112 Å². The van der Waals surface area contributed by atoms with E-state index < -0.39 is 71.6 Å². The number of carbonyl (C=O) groups excluding carboxylic acids is 2. The molecule has 2 fully saturated rings. The van der Waals surface area contributed by atoms with Crippen molar-refractivity contribution >= 4 is 71.4 Å². The molecular weight excluding hydrogens is 1320 g/mol. The maximum absolute atomic E-state index is 13.7. The number of amides is 2. The zero-order valence-electron chi connectivity index (χ0n) is 53.2. The molecule has 0 atom stereocenters. The standard InChI is InChI=1S/C60H81ClN12O19S3/c1-42-45(40-91-54-28-53(90-39-44-26-48(30-62-29-44)93(4,82)83)46(27-51(54)61)32-66(3)34-55(74)63-31-60(94(84,85)86)95(87,88)89)8-5-9-49(42)50-10-6-11-52(43(50)2)92-41-47-33-73(65-64-47)13-7-12-67-22-24-72(25-23-67)56(75)35-68-14-16-69(36-57(76)77)18-20-71(38-59(80)81)21-19-70(17-15-68)37-58(78)79/h5-6,8-11,26-30,33,60H,7,12-25,31-32,34-41H2,1-4H3,(H,63,74)(H,76,77)(H,78,79)(H,80,81)(H,84,85,86)(H,87,88,89). The number of pyridine rings is 1. The summed E-state index contributed by atoms with van der Waals surface area (Å²) in [5.41, 5.74) is 5.89. The van der Waals surface area contributed by atoms with Crippen LogP contribution in [0.3, 0.4) is 0 Å². The summed E-state index contributed by atoms with van der Waals surface area (Å²) in [6, 6.07) is 16.1.